The molecule has 1 rings (SSSR count). The van der Waals surface area contributed by atoms with Crippen LogP contribution in [-0.2, 0) is 14.4 Å². The Morgan fingerprint density at radius 3 is 2.30 bits per heavy atom. The zero-order chi connectivity index (χ0) is 15.3. The molecule has 0 aliphatic rings. The van der Waals surface area contributed by atoms with Crippen LogP contribution in [0, 0.1) is 5.92 Å². The Kier molecular flexibility index (Phi) is 5.69. The summed E-state index contributed by atoms with van der Waals surface area (Å²) in [5.41, 5.74) is 0. The summed E-state index contributed by atoms with van der Waals surface area (Å²) in [6.45, 7) is 4.87. The van der Waals surface area contributed by atoms with Gasteiger partial charge in [-0.3, -0.25) is 9.59 Å². The Bertz CT molecular complexity index is 485. The maximum atomic E-state index is 12.1. The van der Waals surface area contributed by atoms with Crippen molar-refractivity contribution < 1.29 is 19.5 Å². The monoisotopic (exact) mass is 298 g/mol. The minimum absolute atomic E-state index is 0.142. The van der Waals surface area contributed by atoms with Crippen LogP contribution in [0.25, 0.3) is 0 Å². The molecule has 20 heavy (non-hydrogen) atoms. The third-order valence-corrected chi connectivity index (χ3v) is 3.61. The number of carbonyl (C=O) groups excluding carboxylic acids is 2. The van der Waals surface area contributed by atoms with Crippen molar-refractivity contribution in [2.24, 2.45) is 5.92 Å². The summed E-state index contributed by atoms with van der Waals surface area (Å²) in [6.07, 6.45) is 0. The zero-order valence-corrected chi connectivity index (χ0v) is 12.4. The highest BCUT2D eigenvalue weighted by Gasteiger charge is 2.29. The van der Waals surface area contributed by atoms with E-state index in [4.69, 9.17) is 0 Å². The van der Waals surface area contributed by atoms with Gasteiger partial charge in [0.1, 0.15) is 6.04 Å². The summed E-state index contributed by atoms with van der Waals surface area (Å²) in [7, 11) is 0. The van der Waals surface area contributed by atoms with E-state index in [0.717, 1.165) is 0 Å². The van der Waals surface area contributed by atoms with E-state index < -0.39 is 24.0 Å². The first kappa shape index (κ1) is 16.2. The van der Waals surface area contributed by atoms with E-state index in [1.54, 1.807) is 31.4 Å². The molecule has 0 fully saturated rings. The molecule has 110 valence electrons. The van der Waals surface area contributed by atoms with Gasteiger partial charge in [0.2, 0.25) is 11.8 Å². The van der Waals surface area contributed by atoms with Gasteiger partial charge in [-0.1, -0.05) is 19.9 Å². The number of aliphatic carboxylic acids is 1. The molecule has 2 unspecified atom stereocenters. The molecule has 1 aromatic rings. The molecule has 2 atom stereocenters. The number of nitrogens with one attached hydrogen (secondary N) is 2. The number of thiophene rings is 1. The van der Waals surface area contributed by atoms with Crippen LogP contribution in [0.5, 0.6) is 0 Å². The Morgan fingerprint density at radius 2 is 1.90 bits per heavy atom. The van der Waals surface area contributed by atoms with Crippen LogP contribution in [-0.4, -0.2) is 28.9 Å². The van der Waals surface area contributed by atoms with Gasteiger partial charge in [-0.25, -0.2) is 4.79 Å². The average Bonchev–Trinajstić information content (AvgIpc) is 2.85. The van der Waals surface area contributed by atoms with Crippen molar-refractivity contribution in [2.45, 2.75) is 32.9 Å². The van der Waals surface area contributed by atoms with Gasteiger partial charge < -0.3 is 15.7 Å². The largest absolute Gasteiger partial charge is 0.479 e. The predicted molar refractivity (Wildman–Crippen MR) is 75.3 cm³/mol. The van der Waals surface area contributed by atoms with E-state index in [2.05, 4.69) is 10.6 Å². The standard InChI is InChI=1S/C13H18N2O4S/c1-7(2)10(14-8(3)16)12(17)15-11(13(18)19)9-5-4-6-20-9/h4-7,10-11H,1-3H3,(H,14,16)(H,15,17)(H,18,19). The lowest BCUT2D eigenvalue weighted by atomic mass is 10.0. The highest BCUT2D eigenvalue weighted by Crippen LogP contribution is 2.19. The van der Waals surface area contributed by atoms with Gasteiger partial charge in [0.15, 0.2) is 6.04 Å². The van der Waals surface area contributed by atoms with Crippen LogP contribution >= 0.6 is 11.3 Å². The van der Waals surface area contributed by atoms with Gasteiger partial charge in [-0.2, -0.15) is 0 Å². The smallest absolute Gasteiger partial charge is 0.331 e. The number of hydrogen-bond acceptors (Lipinski definition) is 4. The highest BCUT2D eigenvalue weighted by molar-refractivity contribution is 7.10. The van der Waals surface area contributed by atoms with Crippen LogP contribution in [0.15, 0.2) is 17.5 Å². The van der Waals surface area contributed by atoms with E-state index in [9.17, 15) is 19.5 Å². The third-order valence-electron chi connectivity index (χ3n) is 2.67. The summed E-state index contributed by atoms with van der Waals surface area (Å²) in [6, 6.07) is 1.51. The van der Waals surface area contributed by atoms with E-state index >= 15 is 0 Å². The fourth-order valence-corrected chi connectivity index (χ4v) is 2.46. The minimum Gasteiger partial charge on any atom is -0.479 e. The molecule has 0 aromatic carbocycles. The van der Waals surface area contributed by atoms with Crippen molar-refractivity contribution in [3.8, 4) is 0 Å². The first-order chi connectivity index (χ1) is 9.32. The molecule has 7 heteroatoms. The normalized spacial score (nSPS) is 13.6. The molecule has 3 N–H and O–H groups in total. The van der Waals surface area contributed by atoms with Crippen LogP contribution < -0.4 is 10.6 Å². The molecule has 0 aliphatic heterocycles. The quantitative estimate of drug-likeness (QED) is 0.734. The topological polar surface area (TPSA) is 95.5 Å². The van der Waals surface area contributed by atoms with E-state index in [1.165, 1.54) is 18.3 Å². The van der Waals surface area contributed by atoms with E-state index in [1.807, 2.05) is 0 Å². The molecule has 1 heterocycles. The molecule has 0 bridgehead atoms. The van der Waals surface area contributed by atoms with Gasteiger partial charge in [0, 0.05) is 11.8 Å². The SMILES string of the molecule is CC(=O)NC(C(=O)NC(C(=O)O)c1cccs1)C(C)C. The molecule has 0 saturated heterocycles. The molecule has 0 aliphatic carbocycles. The van der Waals surface area contributed by atoms with Crippen LogP contribution in [0.4, 0.5) is 0 Å². The van der Waals surface area contributed by atoms with Crippen LogP contribution in [0.2, 0.25) is 0 Å². The van der Waals surface area contributed by atoms with Crippen molar-refractivity contribution in [3.63, 3.8) is 0 Å². The summed E-state index contributed by atoms with van der Waals surface area (Å²) >= 11 is 1.25. The van der Waals surface area contributed by atoms with Crippen LogP contribution in [0.3, 0.4) is 0 Å². The fraction of sp³-hybridized carbons (Fsp3) is 0.462. The Labute approximate surface area is 121 Å². The average molecular weight is 298 g/mol. The predicted octanol–water partition coefficient (Wildman–Crippen LogP) is 1.15. The second-order valence-electron chi connectivity index (χ2n) is 4.72. The van der Waals surface area contributed by atoms with Crippen molar-refractivity contribution in [1.29, 1.82) is 0 Å². The maximum absolute atomic E-state index is 12.1. The van der Waals surface area contributed by atoms with Gasteiger partial charge in [-0.15, -0.1) is 11.3 Å². The molecule has 2 amide bonds. The number of rotatable bonds is 6. The lowest BCUT2D eigenvalue weighted by Gasteiger charge is -2.23. The molecular formula is C13H18N2O4S. The molecule has 6 nitrogen and oxygen atoms in total. The number of carboxylic acid groups (broad SMARTS) is 1. The number of carbonyl (C=O) groups is 3. The van der Waals surface area contributed by atoms with E-state index in [0.29, 0.717) is 4.88 Å². The Balaban J connectivity index is 2.84. The maximum Gasteiger partial charge on any atom is 0.331 e. The van der Waals surface area contributed by atoms with Crippen molar-refractivity contribution in [2.75, 3.05) is 0 Å². The van der Waals surface area contributed by atoms with Crippen molar-refractivity contribution in [3.05, 3.63) is 22.4 Å². The zero-order valence-electron chi connectivity index (χ0n) is 11.5. The summed E-state index contributed by atoms with van der Waals surface area (Å²) in [5.74, 6) is -2.11. The second kappa shape index (κ2) is 7.04. The summed E-state index contributed by atoms with van der Waals surface area (Å²) < 4.78 is 0. The number of carboxylic acids is 1. The molecule has 0 radical (unpaired) electrons. The first-order valence-corrected chi connectivity index (χ1v) is 7.04. The van der Waals surface area contributed by atoms with Gasteiger partial charge in [0.25, 0.3) is 0 Å². The Morgan fingerprint density at radius 1 is 1.25 bits per heavy atom. The number of hydrogen-bond donors (Lipinski definition) is 3. The lowest BCUT2D eigenvalue weighted by Crippen LogP contribution is -2.50. The molecular weight excluding hydrogens is 280 g/mol. The van der Waals surface area contributed by atoms with Crippen molar-refractivity contribution >= 4 is 29.1 Å². The van der Waals surface area contributed by atoms with Gasteiger partial charge in [0.05, 0.1) is 0 Å². The molecule has 0 saturated carbocycles. The Hall–Kier alpha value is -1.89. The second-order valence-corrected chi connectivity index (χ2v) is 5.70. The third kappa shape index (κ3) is 4.34. The fourth-order valence-electron chi connectivity index (χ4n) is 1.70. The van der Waals surface area contributed by atoms with Crippen LogP contribution in [0.1, 0.15) is 31.7 Å². The number of amides is 2. The minimum atomic E-state index is -1.13. The summed E-state index contributed by atoms with van der Waals surface area (Å²) in [4.78, 5) is 35.0. The van der Waals surface area contributed by atoms with Gasteiger partial charge >= 0.3 is 5.97 Å². The summed E-state index contributed by atoms with van der Waals surface area (Å²) in [5, 5.41) is 15.9. The van der Waals surface area contributed by atoms with Gasteiger partial charge in [-0.05, 0) is 17.4 Å². The molecule has 0 spiro atoms. The first-order valence-electron chi connectivity index (χ1n) is 6.16. The van der Waals surface area contributed by atoms with Crippen molar-refractivity contribution in [1.82, 2.24) is 10.6 Å². The van der Waals surface area contributed by atoms with E-state index in [-0.39, 0.29) is 11.8 Å². The highest BCUT2D eigenvalue weighted by atomic mass is 32.1. The lowest BCUT2D eigenvalue weighted by molar-refractivity contribution is -0.142. The molecule has 1 aromatic heterocycles.